The highest BCUT2D eigenvalue weighted by atomic mass is 16.5. The van der Waals surface area contributed by atoms with Crippen molar-refractivity contribution < 1.29 is 4.74 Å². The van der Waals surface area contributed by atoms with Gasteiger partial charge >= 0.3 is 0 Å². The van der Waals surface area contributed by atoms with Crippen LogP contribution in [-0.4, -0.2) is 19.7 Å². The van der Waals surface area contributed by atoms with Gasteiger partial charge in [-0.2, -0.15) is 0 Å². The average Bonchev–Trinajstić information content (AvgIpc) is 2.16. The molecular formula is C12H23NO. The van der Waals surface area contributed by atoms with Crippen molar-refractivity contribution in [3.05, 3.63) is 11.3 Å². The van der Waals surface area contributed by atoms with Crippen molar-refractivity contribution in [3.8, 4) is 0 Å². The van der Waals surface area contributed by atoms with E-state index in [1.165, 1.54) is 11.3 Å². The Balaban J connectivity index is 2.99. The summed E-state index contributed by atoms with van der Waals surface area (Å²) in [6.07, 6.45) is 1.10. The molecule has 1 atom stereocenters. The van der Waals surface area contributed by atoms with Crippen molar-refractivity contribution in [3.63, 3.8) is 0 Å². The molecule has 1 unspecified atom stereocenters. The first-order valence-electron chi connectivity index (χ1n) is 5.62. The third-order valence-electron chi connectivity index (χ3n) is 2.82. The van der Waals surface area contributed by atoms with Crippen LogP contribution in [0.5, 0.6) is 0 Å². The van der Waals surface area contributed by atoms with E-state index >= 15 is 0 Å². The maximum Gasteiger partial charge on any atom is 0.0995 e. The number of nitrogens with one attached hydrogen (secondary N) is 1. The van der Waals surface area contributed by atoms with Crippen LogP contribution >= 0.6 is 0 Å². The summed E-state index contributed by atoms with van der Waals surface area (Å²) in [5.74, 6) is 2.29. The van der Waals surface area contributed by atoms with E-state index in [4.69, 9.17) is 4.74 Å². The average molecular weight is 197 g/mol. The van der Waals surface area contributed by atoms with Crippen molar-refractivity contribution >= 4 is 0 Å². The lowest BCUT2D eigenvalue weighted by Gasteiger charge is -2.32. The molecule has 82 valence electrons. The van der Waals surface area contributed by atoms with Crippen LogP contribution in [0.2, 0.25) is 0 Å². The van der Waals surface area contributed by atoms with Gasteiger partial charge in [-0.3, -0.25) is 0 Å². The fourth-order valence-corrected chi connectivity index (χ4v) is 2.18. The summed E-state index contributed by atoms with van der Waals surface area (Å²) in [5, 5.41) is 3.38. The van der Waals surface area contributed by atoms with E-state index in [1.54, 1.807) is 0 Å². The van der Waals surface area contributed by atoms with Crippen LogP contribution in [0, 0.1) is 11.8 Å². The Bertz CT molecular complexity index is 218. The number of ether oxygens (including phenoxy) is 1. The van der Waals surface area contributed by atoms with Gasteiger partial charge in [-0.15, -0.1) is 0 Å². The molecule has 2 heteroatoms. The molecular weight excluding hydrogens is 174 g/mol. The van der Waals surface area contributed by atoms with E-state index < -0.39 is 0 Å². The highest BCUT2D eigenvalue weighted by Gasteiger charge is 2.26. The van der Waals surface area contributed by atoms with Gasteiger partial charge in [0, 0.05) is 18.4 Å². The molecule has 0 radical (unpaired) electrons. The Morgan fingerprint density at radius 1 is 1.21 bits per heavy atom. The topological polar surface area (TPSA) is 21.3 Å². The van der Waals surface area contributed by atoms with Gasteiger partial charge in [0.2, 0.25) is 0 Å². The van der Waals surface area contributed by atoms with Crippen LogP contribution in [0.25, 0.3) is 0 Å². The molecule has 0 aromatic heterocycles. The molecule has 0 aromatic carbocycles. The highest BCUT2D eigenvalue weighted by molar-refractivity contribution is 5.21. The maximum atomic E-state index is 5.78. The second-order valence-corrected chi connectivity index (χ2v) is 4.61. The van der Waals surface area contributed by atoms with Crippen molar-refractivity contribution in [2.75, 3.05) is 13.7 Å². The Morgan fingerprint density at radius 3 is 2.29 bits per heavy atom. The van der Waals surface area contributed by atoms with Crippen LogP contribution in [0.3, 0.4) is 0 Å². The SMILES string of the molecule is CNC1CCOC(C(C)C)=C1C(C)C. The Kier molecular flexibility index (Phi) is 3.99. The number of rotatable bonds is 3. The minimum Gasteiger partial charge on any atom is -0.498 e. The van der Waals surface area contributed by atoms with Crippen molar-refractivity contribution in [1.82, 2.24) is 5.32 Å². The van der Waals surface area contributed by atoms with Crippen LogP contribution < -0.4 is 5.32 Å². The molecule has 14 heavy (non-hydrogen) atoms. The molecule has 1 rings (SSSR count). The highest BCUT2D eigenvalue weighted by Crippen LogP contribution is 2.30. The van der Waals surface area contributed by atoms with Gasteiger partial charge in [0.05, 0.1) is 12.4 Å². The third kappa shape index (κ3) is 2.30. The summed E-state index contributed by atoms with van der Waals surface area (Å²) in [7, 11) is 2.04. The van der Waals surface area contributed by atoms with Gasteiger partial charge in [0.15, 0.2) is 0 Å². The molecule has 0 amide bonds. The summed E-state index contributed by atoms with van der Waals surface area (Å²) >= 11 is 0. The van der Waals surface area contributed by atoms with Gasteiger partial charge in [0.1, 0.15) is 0 Å². The van der Waals surface area contributed by atoms with Crippen LogP contribution in [-0.2, 0) is 4.74 Å². The lowest BCUT2D eigenvalue weighted by atomic mass is 9.88. The smallest absolute Gasteiger partial charge is 0.0995 e. The molecule has 1 aliphatic heterocycles. The molecule has 0 saturated heterocycles. The normalized spacial score (nSPS) is 23.2. The Morgan fingerprint density at radius 2 is 1.86 bits per heavy atom. The summed E-state index contributed by atoms with van der Waals surface area (Å²) < 4.78 is 5.78. The maximum absolute atomic E-state index is 5.78. The molecule has 0 aromatic rings. The van der Waals surface area contributed by atoms with E-state index in [2.05, 4.69) is 33.0 Å². The number of allylic oxidation sites excluding steroid dienone is 1. The van der Waals surface area contributed by atoms with E-state index in [9.17, 15) is 0 Å². The van der Waals surface area contributed by atoms with Crippen LogP contribution in [0.1, 0.15) is 34.1 Å². The summed E-state index contributed by atoms with van der Waals surface area (Å²) in [4.78, 5) is 0. The number of hydrogen-bond acceptors (Lipinski definition) is 2. The summed E-state index contributed by atoms with van der Waals surface area (Å²) in [5.41, 5.74) is 1.47. The quantitative estimate of drug-likeness (QED) is 0.751. The van der Waals surface area contributed by atoms with Gasteiger partial charge < -0.3 is 10.1 Å². The monoisotopic (exact) mass is 197 g/mol. The predicted molar refractivity (Wildman–Crippen MR) is 60.1 cm³/mol. The van der Waals surface area contributed by atoms with E-state index in [-0.39, 0.29) is 0 Å². The molecule has 0 spiro atoms. The lowest BCUT2D eigenvalue weighted by molar-refractivity contribution is 0.143. The molecule has 0 bridgehead atoms. The van der Waals surface area contributed by atoms with Crippen LogP contribution in [0.15, 0.2) is 11.3 Å². The zero-order valence-corrected chi connectivity index (χ0v) is 10.1. The van der Waals surface area contributed by atoms with E-state index in [0.717, 1.165) is 13.0 Å². The fraction of sp³-hybridized carbons (Fsp3) is 0.833. The number of hydrogen-bond donors (Lipinski definition) is 1. The summed E-state index contributed by atoms with van der Waals surface area (Å²) in [6, 6.07) is 0.515. The van der Waals surface area contributed by atoms with Gasteiger partial charge in [-0.25, -0.2) is 0 Å². The lowest BCUT2D eigenvalue weighted by Crippen LogP contribution is -2.36. The zero-order valence-electron chi connectivity index (χ0n) is 10.1. The second kappa shape index (κ2) is 4.83. The van der Waals surface area contributed by atoms with E-state index in [1.807, 2.05) is 7.05 Å². The van der Waals surface area contributed by atoms with Crippen molar-refractivity contribution in [2.45, 2.75) is 40.2 Å². The first kappa shape index (κ1) is 11.6. The standard InChI is InChI=1S/C12H23NO/c1-8(2)11-10(13-5)6-7-14-12(11)9(3)4/h8-10,13H,6-7H2,1-5H3. The Labute approximate surface area is 87.7 Å². The first-order valence-corrected chi connectivity index (χ1v) is 5.62. The van der Waals surface area contributed by atoms with Gasteiger partial charge in [-0.1, -0.05) is 27.7 Å². The van der Waals surface area contributed by atoms with Crippen LogP contribution in [0.4, 0.5) is 0 Å². The van der Waals surface area contributed by atoms with Crippen molar-refractivity contribution in [2.24, 2.45) is 11.8 Å². The van der Waals surface area contributed by atoms with Gasteiger partial charge in [0.25, 0.3) is 0 Å². The van der Waals surface area contributed by atoms with Gasteiger partial charge in [-0.05, 0) is 18.5 Å². The minimum atomic E-state index is 0.503. The Hall–Kier alpha value is -0.500. The molecule has 1 heterocycles. The molecule has 1 aliphatic rings. The minimum absolute atomic E-state index is 0.503. The van der Waals surface area contributed by atoms with E-state index in [0.29, 0.717) is 17.9 Å². The molecule has 0 aliphatic carbocycles. The van der Waals surface area contributed by atoms with Crippen molar-refractivity contribution in [1.29, 1.82) is 0 Å². The molecule has 2 nitrogen and oxygen atoms in total. The molecule has 1 N–H and O–H groups in total. The second-order valence-electron chi connectivity index (χ2n) is 4.61. The number of likely N-dealkylation sites (N-methyl/N-ethyl adjacent to an activating group) is 1. The predicted octanol–water partition coefficient (Wildman–Crippen LogP) is 2.56. The zero-order chi connectivity index (χ0) is 10.7. The third-order valence-corrected chi connectivity index (χ3v) is 2.82. The summed E-state index contributed by atoms with van der Waals surface area (Å²) in [6.45, 7) is 9.76. The molecule has 0 saturated carbocycles. The largest absolute Gasteiger partial charge is 0.498 e. The molecule has 0 fully saturated rings. The fourth-order valence-electron chi connectivity index (χ4n) is 2.18. The first-order chi connectivity index (χ1) is 6.57.